The Hall–Kier alpha value is -2.00. The summed E-state index contributed by atoms with van der Waals surface area (Å²) in [6, 6.07) is 11.2. The molecule has 0 fully saturated rings. The Morgan fingerprint density at radius 1 is 1.29 bits per heavy atom. The summed E-state index contributed by atoms with van der Waals surface area (Å²) in [6.07, 6.45) is 0.825. The first kappa shape index (κ1) is 14.0. The minimum Gasteiger partial charge on any atom is -0.399 e. The molecule has 0 radical (unpaired) electrons. The Balaban J connectivity index is 2.05. The van der Waals surface area contributed by atoms with E-state index in [2.05, 4.69) is 0 Å². The molecular weight excluding hydrogens is 284 g/mol. The summed E-state index contributed by atoms with van der Waals surface area (Å²) in [5.41, 5.74) is 10.2. The molecule has 0 aromatic heterocycles. The topological polar surface area (TPSA) is 46.3 Å². The predicted molar refractivity (Wildman–Crippen MR) is 87.0 cm³/mol. The molecule has 0 saturated heterocycles. The molecule has 4 heteroatoms. The molecule has 1 aliphatic heterocycles. The monoisotopic (exact) mass is 300 g/mol. The van der Waals surface area contributed by atoms with Gasteiger partial charge in [0.05, 0.1) is 0 Å². The van der Waals surface area contributed by atoms with Crippen molar-refractivity contribution in [2.24, 2.45) is 0 Å². The summed E-state index contributed by atoms with van der Waals surface area (Å²) in [4.78, 5) is 14.8. The van der Waals surface area contributed by atoms with E-state index in [4.69, 9.17) is 17.3 Å². The third-order valence-corrected chi connectivity index (χ3v) is 4.20. The lowest BCUT2D eigenvalue weighted by molar-refractivity contribution is 0.0981. The first-order valence-electron chi connectivity index (χ1n) is 6.95. The van der Waals surface area contributed by atoms with Crippen molar-refractivity contribution in [3.63, 3.8) is 0 Å². The highest BCUT2D eigenvalue weighted by molar-refractivity contribution is 6.31. The molecular formula is C17H17ClN2O. The number of benzene rings is 2. The van der Waals surface area contributed by atoms with Gasteiger partial charge in [0.25, 0.3) is 5.91 Å². The number of aryl methyl sites for hydroxylation is 1. The number of nitrogens with two attached hydrogens (primary N) is 1. The highest BCUT2D eigenvalue weighted by atomic mass is 35.5. The van der Waals surface area contributed by atoms with Crippen molar-refractivity contribution in [3.8, 4) is 0 Å². The maximum Gasteiger partial charge on any atom is 0.258 e. The fourth-order valence-corrected chi connectivity index (χ4v) is 3.09. The average Bonchev–Trinajstić information content (AvgIpc) is 2.75. The second-order valence-corrected chi connectivity index (χ2v) is 6.01. The molecule has 1 unspecified atom stereocenters. The molecule has 2 aromatic rings. The zero-order valence-electron chi connectivity index (χ0n) is 12.1. The number of hydrogen-bond donors (Lipinski definition) is 1. The van der Waals surface area contributed by atoms with E-state index >= 15 is 0 Å². The van der Waals surface area contributed by atoms with Crippen LogP contribution in [0, 0.1) is 6.92 Å². The van der Waals surface area contributed by atoms with E-state index < -0.39 is 0 Å². The number of nitrogens with zero attached hydrogens (tertiary/aromatic N) is 1. The quantitative estimate of drug-likeness (QED) is 0.814. The lowest BCUT2D eigenvalue weighted by Crippen LogP contribution is -2.36. The van der Waals surface area contributed by atoms with Crippen molar-refractivity contribution < 1.29 is 4.79 Å². The molecule has 2 aromatic carbocycles. The molecule has 2 N–H and O–H groups in total. The van der Waals surface area contributed by atoms with E-state index in [1.54, 1.807) is 12.1 Å². The third kappa shape index (κ3) is 2.38. The molecule has 108 valence electrons. The van der Waals surface area contributed by atoms with E-state index in [0.29, 0.717) is 10.6 Å². The van der Waals surface area contributed by atoms with Crippen LogP contribution in [-0.4, -0.2) is 11.9 Å². The van der Waals surface area contributed by atoms with Crippen LogP contribution in [0.25, 0.3) is 0 Å². The normalized spacial score (nSPS) is 16.9. The number of hydrogen-bond acceptors (Lipinski definition) is 2. The molecule has 1 atom stereocenters. The van der Waals surface area contributed by atoms with Gasteiger partial charge in [-0.25, -0.2) is 0 Å². The van der Waals surface area contributed by atoms with Gasteiger partial charge >= 0.3 is 0 Å². The summed E-state index contributed by atoms with van der Waals surface area (Å²) in [7, 11) is 0. The average molecular weight is 301 g/mol. The summed E-state index contributed by atoms with van der Waals surface area (Å²) in [5.74, 6) is -0.00831. The van der Waals surface area contributed by atoms with Crippen LogP contribution in [0.15, 0.2) is 36.4 Å². The van der Waals surface area contributed by atoms with Gasteiger partial charge in [-0.2, -0.15) is 0 Å². The largest absolute Gasteiger partial charge is 0.399 e. The molecule has 3 rings (SSSR count). The number of carbonyl (C=O) groups is 1. The molecule has 1 aliphatic rings. The van der Waals surface area contributed by atoms with E-state index in [1.165, 1.54) is 0 Å². The number of amides is 1. The molecule has 1 heterocycles. The van der Waals surface area contributed by atoms with E-state index in [-0.39, 0.29) is 11.9 Å². The fourth-order valence-electron chi connectivity index (χ4n) is 2.91. The van der Waals surface area contributed by atoms with Crippen LogP contribution in [-0.2, 0) is 6.42 Å². The van der Waals surface area contributed by atoms with Crippen LogP contribution in [0.3, 0.4) is 0 Å². The number of rotatable bonds is 1. The van der Waals surface area contributed by atoms with Crippen molar-refractivity contribution in [2.75, 3.05) is 10.6 Å². The summed E-state index contributed by atoms with van der Waals surface area (Å²) in [6.45, 7) is 3.97. The number of halogens is 1. The molecule has 0 aliphatic carbocycles. The second-order valence-electron chi connectivity index (χ2n) is 5.58. The zero-order chi connectivity index (χ0) is 15.1. The summed E-state index contributed by atoms with van der Waals surface area (Å²) < 4.78 is 0. The number of nitrogen functional groups attached to an aromatic ring is 1. The Kier molecular flexibility index (Phi) is 3.38. The van der Waals surface area contributed by atoms with Crippen molar-refractivity contribution >= 4 is 28.9 Å². The zero-order valence-corrected chi connectivity index (χ0v) is 12.8. The fraction of sp³-hybridized carbons (Fsp3) is 0.235. The number of anilines is 2. The van der Waals surface area contributed by atoms with Gasteiger partial charge in [0.15, 0.2) is 0 Å². The van der Waals surface area contributed by atoms with E-state index in [0.717, 1.165) is 28.9 Å². The van der Waals surface area contributed by atoms with Crippen molar-refractivity contribution in [2.45, 2.75) is 26.3 Å². The minimum atomic E-state index is -0.00831. The van der Waals surface area contributed by atoms with Gasteiger partial charge in [0, 0.05) is 28.0 Å². The van der Waals surface area contributed by atoms with Crippen LogP contribution < -0.4 is 10.6 Å². The molecule has 0 spiro atoms. The van der Waals surface area contributed by atoms with Crippen molar-refractivity contribution in [1.29, 1.82) is 0 Å². The standard InChI is InChI=1S/C17H17ClN2O/c1-10-3-4-13(18)9-15(10)17(21)20-11(2)7-12-8-14(19)5-6-16(12)20/h3-6,8-9,11H,7,19H2,1-2H3. The second kappa shape index (κ2) is 5.08. The Morgan fingerprint density at radius 2 is 2.05 bits per heavy atom. The maximum atomic E-state index is 12.9. The van der Waals surface area contributed by atoms with Crippen LogP contribution in [0.5, 0.6) is 0 Å². The third-order valence-electron chi connectivity index (χ3n) is 3.97. The maximum absolute atomic E-state index is 12.9. The lowest BCUT2D eigenvalue weighted by atomic mass is 10.1. The van der Waals surface area contributed by atoms with Crippen molar-refractivity contribution in [1.82, 2.24) is 0 Å². The van der Waals surface area contributed by atoms with Gasteiger partial charge in [0.1, 0.15) is 0 Å². The van der Waals surface area contributed by atoms with Gasteiger partial charge in [0.2, 0.25) is 0 Å². The molecule has 3 nitrogen and oxygen atoms in total. The highest BCUT2D eigenvalue weighted by Gasteiger charge is 2.32. The lowest BCUT2D eigenvalue weighted by Gasteiger charge is -2.23. The predicted octanol–water partition coefficient (Wildman–Crippen LogP) is 3.82. The molecule has 21 heavy (non-hydrogen) atoms. The molecule has 0 saturated carbocycles. The highest BCUT2D eigenvalue weighted by Crippen LogP contribution is 2.35. The van der Waals surface area contributed by atoms with Crippen molar-refractivity contribution in [3.05, 3.63) is 58.1 Å². The SMILES string of the molecule is Cc1ccc(Cl)cc1C(=O)N1c2ccc(N)cc2CC1C. The van der Waals surface area contributed by atoms with Crippen LogP contribution in [0.4, 0.5) is 11.4 Å². The summed E-state index contributed by atoms with van der Waals surface area (Å²) >= 11 is 6.04. The van der Waals surface area contributed by atoms with Gasteiger partial charge in [-0.05, 0) is 61.7 Å². The van der Waals surface area contributed by atoms with E-state index in [9.17, 15) is 4.79 Å². The number of fused-ring (bicyclic) bond motifs is 1. The first-order valence-corrected chi connectivity index (χ1v) is 7.33. The smallest absolute Gasteiger partial charge is 0.258 e. The van der Waals surface area contributed by atoms with Crippen LogP contribution >= 0.6 is 11.6 Å². The van der Waals surface area contributed by atoms with E-state index in [1.807, 2.05) is 43.0 Å². The van der Waals surface area contributed by atoms with Gasteiger partial charge in [-0.3, -0.25) is 4.79 Å². The van der Waals surface area contributed by atoms with Gasteiger partial charge < -0.3 is 10.6 Å². The Labute approximate surface area is 129 Å². The first-order chi connectivity index (χ1) is 9.97. The Morgan fingerprint density at radius 3 is 2.81 bits per heavy atom. The van der Waals surface area contributed by atoms with Gasteiger partial charge in [-0.1, -0.05) is 17.7 Å². The van der Waals surface area contributed by atoms with Crippen LogP contribution in [0.1, 0.15) is 28.4 Å². The molecule has 1 amide bonds. The minimum absolute atomic E-state index is 0.00831. The Bertz CT molecular complexity index is 727. The summed E-state index contributed by atoms with van der Waals surface area (Å²) in [5, 5.41) is 0.577. The number of carbonyl (C=O) groups excluding carboxylic acids is 1. The van der Waals surface area contributed by atoms with Crippen LogP contribution in [0.2, 0.25) is 5.02 Å². The van der Waals surface area contributed by atoms with Gasteiger partial charge in [-0.15, -0.1) is 0 Å². The molecule has 0 bridgehead atoms.